The van der Waals surface area contributed by atoms with Crippen LogP contribution in [0.25, 0.3) is 0 Å². The molecule has 0 radical (unpaired) electrons. The van der Waals surface area contributed by atoms with Crippen molar-refractivity contribution in [3.63, 3.8) is 0 Å². The molecule has 0 saturated carbocycles. The van der Waals surface area contributed by atoms with Crippen LogP contribution in [0.1, 0.15) is 48.4 Å². The average molecular weight is 575 g/mol. The predicted molar refractivity (Wildman–Crippen MR) is 147 cm³/mol. The van der Waals surface area contributed by atoms with Crippen molar-refractivity contribution in [1.82, 2.24) is 0 Å². The highest BCUT2D eigenvalue weighted by atomic mass is 16.6. The molecule has 2 aromatic rings. The molecule has 222 valence electrons. The molecule has 1 N–H and O–H groups in total. The van der Waals surface area contributed by atoms with Gasteiger partial charge in [-0.15, -0.1) is 0 Å². The van der Waals surface area contributed by atoms with Gasteiger partial charge in [-0.05, 0) is 52.0 Å². The van der Waals surface area contributed by atoms with E-state index in [1.54, 1.807) is 0 Å². The number of rotatable bonds is 9. The Hall–Kier alpha value is -5.00. The molecular weight excluding hydrogens is 540 g/mol. The Kier molecular flexibility index (Phi) is 12.4. The third-order valence-corrected chi connectivity index (χ3v) is 4.71. The van der Waals surface area contributed by atoms with Crippen molar-refractivity contribution in [3.8, 4) is 34.5 Å². The van der Waals surface area contributed by atoms with Crippen LogP contribution >= 0.6 is 0 Å². The van der Waals surface area contributed by atoms with Crippen molar-refractivity contribution in [2.45, 2.75) is 33.3 Å². The number of phenolic OH excluding ortho intramolecular Hbond substituents is 1. The summed E-state index contributed by atoms with van der Waals surface area (Å²) in [6.07, 6.45) is 0.906. The number of phenols is 1. The lowest BCUT2D eigenvalue weighted by Crippen LogP contribution is -2.23. The lowest BCUT2D eigenvalue weighted by atomic mass is 10.1. The van der Waals surface area contributed by atoms with Crippen LogP contribution in [0, 0.1) is 0 Å². The van der Waals surface area contributed by atoms with Crippen LogP contribution in [0.3, 0.4) is 0 Å². The van der Waals surface area contributed by atoms with Crippen LogP contribution in [0.15, 0.2) is 49.1 Å². The number of ether oxygens (including phenoxy) is 7. The highest BCUT2D eigenvalue weighted by Gasteiger charge is 2.24. The molecule has 0 aliphatic heterocycles. The number of hydrogen-bond donors (Lipinski definition) is 1. The van der Waals surface area contributed by atoms with E-state index in [4.69, 9.17) is 23.7 Å². The summed E-state index contributed by atoms with van der Waals surface area (Å²) in [5.41, 5.74) is -0.265. The summed E-state index contributed by atoms with van der Waals surface area (Å²) in [6.45, 7) is 13.6. The second-order valence-electron chi connectivity index (χ2n) is 9.02. The third kappa shape index (κ3) is 9.92. The maximum atomic E-state index is 11.9. The first-order valence-electron chi connectivity index (χ1n) is 11.8. The normalized spacial score (nSPS) is 10.1. The Morgan fingerprint density at radius 2 is 1.15 bits per heavy atom. The monoisotopic (exact) mass is 574 g/mol. The van der Waals surface area contributed by atoms with E-state index in [1.807, 2.05) is 20.8 Å². The van der Waals surface area contributed by atoms with Gasteiger partial charge in [-0.1, -0.05) is 13.2 Å². The molecule has 2 aromatic carbocycles. The van der Waals surface area contributed by atoms with Crippen molar-refractivity contribution < 1.29 is 57.4 Å². The minimum absolute atomic E-state index is 0.0149. The first-order valence-corrected chi connectivity index (χ1v) is 11.8. The zero-order valence-corrected chi connectivity index (χ0v) is 24.2. The summed E-state index contributed by atoms with van der Waals surface area (Å²) < 4.78 is 35.2. The van der Waals surface area contributed by atoms with Crippen molar-refractivity contribution in [2.24, 2.45) is 0 Å². The van der Waals surface area contributed by atoms with Gasteiger partial charge in [0.15, 0.2) is 23.0 Å². The third-order valence-electron chi connectivity index (χ3n) is 4.71. The van der Waals surface area contributed by atoms with E-state index in [9.17, 15) is 24.3 Å². The van der Waals surface area contributed by atoms with Crippen LogP contribution in [0.4, 0.5) is 0 Å². The summed E-state index contributed by atoms with van der Waals surface area (Å²) in [5, 5.41) is 9.68. The largest absolute Gasteiger partial charge is 0.502 e. The molecule has 0 aliphatic carbocycles. The van der Waals surface area contributed by atoms with Gasteiger partial charge in [0.25, 0.3) is 0 Å². The van der Waals surface area contributed by atoms with E-state index >= 15 is 0 Å². The number of aromatic hydroxyl groups is 1. The van der Waals surface area contributed by atoms with Crippen molar-refractivity contribution in [3.05, 3.63) is 60.2 Å². The summed E-state index contributed by atoms with van der Waals surface area (Å²) in [7, 11) is 5.52. The van der Waals surface area contributed by atoms with Crippen molar-refractivity contribution in [2.75, 3.05) is 28.4 Å². The van der Waals surface area contributed by atoms with Gasteiger partial charge < -0.3 is 38.3 Å². The Balaban J connectivity index is 0.000000414. The van der Waals surface area contributed by atoms with E-state index in [-0.39, 0.29) is 33.9 Å². The van der Waals surface area contributed by atoms with Crippen molar-refractivity contribution in [1.29, 1.82) is 0 Å². The van der Waals surface area contributed by atoms with E-state index in [0.29, 0.717) is 17.2 Å². The molecule has 0 saturated heterocycles. The summed E-state index contributed by atoms with van der Waals surface area (Å²) in [6, 6.07) is 5.32. The van der Waals surface area contributed by atoms with Crippen LogP contribution in [0.5, 0.6) is 34.5 Å². The van der Waals surface area contributed by atoms with Gasteiger partial charge in [-0.25, -0.2) is 19.2 Å². The summed E-state index contributed by atoms with van der Waals surface area (Å²) >= 11 is 0. The number of methoxy groups -OCH3 is 4. The molecule has 0 unspecified atom stereocenters. The minimum Gasteiger partial charge on any atom is -0.502 e. The molecule has 12 heteroatoms. The molecular formula is C29H34O12. The maximum absolute atomic E-state index is 11.9. The quantitative estimate of drug-likeness (QED) is 0.256. The minimum atomic E-state index is -0.885. The first-order chi connectivity index (χ1) is 19.1. The van der Waals surface area contributed by atoms with Gasteiger partial charge in [0.1, 0.15) is 5.60 Å². The van der Waals surface area contributed by atoms with E-state index in [2.05, 4.69) is 22.6 Å². The molecule has 0 aromatic heterocycles. The fourth-order valence-corrected chi connectivity index (χ4v) is 2.84. The van der Waals surface area contributed by atoms with E-state index in [0.717, 1.165) is 6.08 Å². The number of benzene rings is 2. The SMILES string of the molecule is C=C(C)C(=O)OC(=O)c1cc(OC)c(O)c(OC)c1.C=CC(=O)OC(=O)c1cc(OC)c(OC(C)(C)C)c(OC)c1. The smallest absolute Gasteiger partial charge is 0.346 e. The second kappa shape index (κ2) is 15.0. The standard InChI is InChI=1S/C16H20O6.C13H14O6/c1-7-13(17)21-15(18)10-8-11(19-5)14(12(9-10)20-6)22-16(2,3)4;1-7(2)12(15)19-13(16)8-5-9(17-3)11(14)10(6-8)18-4/h7-9H,1H2,2-6H3;5-6,14H,1H2,2-4H3. The van der Waals surface area contributed by atoms with Crippen LogP contribution in [-0.2, 0) is 19.1 Å². The molecule has 2 rings (SSSR count). The zero-order chi connectivity index (χ0) is 31.5. The fraction of sp³-hybridized carbons (Fsp3) is 0.310. The fourth-order valence-electron chi connectivity index (χ4n) is 2.84. The Morgan fingerprint density at radius 3 is 1.49 bits per heavy atom. The van der Waals surface area contributed by atoms with Crippen LogP contribution in [-0.4, -0.2) is 63.0 Å². The number of carbonyl (C=O) groups is 4. The van der Waals surface area contributed by atoms with Gasteiger partial charge >= 0.3 is 23.9 Å². The molecule has 0 heterocycles. The first kappa shape index (κ1) is 34.0. The Labute approximate surface area is 238 Å². The summed E-state index contributed by atoms with van der Waals surface area (Å²) in [4.78, 5) is 46.0. The summed E-state index contributed by atoms with van der Waals surface area (Å²) in [5.74, 6) is -2.58. The van der Waals surface area contributed by atoms with E-state index in [1.165, 1.54) is 59.6 Å². The lowest BCUT2D eigenvalue weighted by molar-refractivity contribution is -0.134. The lowest BCUT2D eigenvalue weighted by Gasteiger charge is -2.24. The topological polar surface area (TPSA) is 153 Å². The molecule has 0 spiro atoms. The van der Waals surface area contributed by atoms with Crippen LogP contribution in [0.2, 0.25) is 0 Å². The average Bonchev–Trinajstić information content (AvgIpc) is 2.92. The molecule has 0 bridgehead atoms. The molecule has 0 aliphatic rings. The highest BCUT2D eigenvalue weighted by Crippen LogP contribution is 2.41. The zero-order valence-electron chi connectivity index (χ0n) is 24.2. The molecule has 0 atom stereocenters. The van der Waals surface area contributed by atoms with Gasteiger partial charge in [0, 0.05) is 11.6 Å². The highest BCUT2D eigenvalue weighted by molar-refractivity contribution is 6.02. The predicted octanol–water partition coefficient (Wildman–Crippen LogP) is 4.42. The second-order valence-corrected chi connectivity index (χ2v) is 9.02. The Bertz CT molecular complexity index is 1270. The number of carbonyl (C=O) groups excluding carboxylic acids is 4. The van der Waals surface area contributed by atoms with Crippen LogP contribution < -0.4 is 23.7 Å². The van der Waals surface area contributed by atoms with Gasteiger partial charge in [-0.3, -0.25) is 0 Å². The van der Waals surface area contributed by atoms with Gasteiger partial charge in [-0.2, -0.15) is 0 Å². The molecule has 41 heavy (non-hydrogen) atoms. The van der Waals surface area contributed by atoms with E-state index < -0.39 is 29.5 Å². The molecule has 12 nitrogen and oxygen atoms in total. The van der Waals surface area contributed by atoms with Gasteiger partial charge in [0.2, 0.25) is 11.5 Å². The molecule has 0 fully saturated rings. The molecule has 0 amide bonds. The number of esters is 4. The van der Waals surface area contributed by atoms with Crippen molar-refractivity contribution >= 4 is 23.9 Å². The number of hydrogen-bond acceptors (Lipinski definition) is 12. The Morgan fingerprint density at radius 1 is 0.756 bits per heavy atom. The van der Waals surface area contributed by atoms with Gasteiger partial charge in [0.05, 0.1) is 39.6 Å². The maximum Gasteiger partial charge on any atom is 0.346 e.